The maximum atomic E-state index is 12.0. The second-order valence-electron chi connectivity index (χ2n) is 4.32. The zero-order valence-corrected chi connectivity index (χ0v) is 11.3. The summed E-state index contributed by atoms with van der Waals surface area (Å²) in [6.07, 6.45) is 4.66. The number of nitrogens with zero attached hydrogens (tertiary/aromatic N) is 1. The monoisotopic (exact) mass is 283 g/mol. The molecule has 0 spiro atoms. The molecule has 6 heteroatoms. The molecule has 0 aliphatic heterocycles. The second kappa shape index (κ2) is 5.54. The molecule has 0 bridgehead atoms. The lowest BCUT2D eigenvalue weighted by Gasteiger charge is -2.09. The number of H-pyrrole nitrogens is 1. The molecule has 0 saturated heterocycles. The van der Waals surface area contributed by atoms with Crippen LogP contribution in [0, 0.1) is 0 Å². The topological polar surface area (TPSA) is 80.1 Å². The van der Waals surface area contributed by atoms with Crippen molar-refractivity contribution >= 4 is 11.6 Å². The van der Waals surface area contributed by atoms with E-state index in [2.05, 4.69) is 15.3 Å². The molecule has 0 fully saturated rings. The summed E-state index contributed by atoms with van der Waals surface area (Å²) in [5.74, 6) is 0.986. The summed E-state index contributed by atoms with van der Waals surface area (Å²) in [4.78, 5) is 18.7. The number of anilines is 1. The minimum Gasteiger partial charge on any atom is -0.496 e. The molecule has 2 heterocycles. The van der Waals surface area contributed by atoms with E-state index in [1.807, 2.05) is 6.07 Å². The fourth-order valence-corrected chi connectivity index (χ4v) is 1.99. The van der Waals surface area contributed by atoms with E-state index in [1.165, 1.54) is 6.39 Å². The number of hydrogen-bond acceptors (Lipinski definition) is 4. The molecule has 0 radical (unpaired) electrons. The molecule has 2 aromatic heterocycles. The molecular weight excluding hydrogens is 270 g/mol. The van der Waals surface area contributed by atoms with Crippen LogP contribution < -0.4 is 10.1 Å². The minimum atomic E-state index is -0.213. The van der Waals surface area contributed by atoms with Crippen molar-refractivity contribution in [3.63, 3.8) is 0 Å². The van der Waals surface area contributed by atoms with E-state index < -0.39 is 0 Å². The molecule has 1 aromatic carbocycles. The number of benzene rings is 1. The van der Waals surface area contributed by atoms with Crippen molar-refractivity contribution in [3.05, 3.63) is 54.8 Å². The number of amides is 1. The highest BCUT2D eigenvalue weighted by molar-refractivity contribution is 6.03. The number of aromatic nitrogens is 2. The van der Waals surface area contributed by atoms with E-state index in [9.17, 15) is 4.79 Å². The first-order valence-electron chi connectivity index (χ1n) is 6.29. The highest BCUT2D eigenvalue weighted by Crippen LogP contribution is 2.32. The number of methoxy groups -OCH3 is 1. The lowest BCUT2D eigenvalue weighted by molar-refractivity contribution is 0.102. The maximum Gasteiger partial charge on any atom is 0.272 e. The number of hydrogen-bond donors (Lipinski definition) is 2. The number of carbonyl (C=O) groups is 1. The van der Waals surface area contributed by atoms with Crippen molar-refractivity contribution in [1.29, 1.82) is 0 Å². The second-order valence-corrected chi connectivity index (χ2v) is 4.32. The summed E-state index contributed by atoms with van der Waals surface area (Å²) in [5, 5.41) is 2.80. The van der Waals surface area contributed by atoms with Crippen LogP contribution in [-0.4, -0.2) is 23.0 Å². The van der Waals surface area contributed by atoms with Gasteiger partial charge in [-0.3, -0.25) is 4.79 Å². The first-order chi connectivity index (χ1) is 10.3. The fourth-order valence-electron chi connectivity index (χ4n) is 1.99. The Labute approximate surface area is 120 Å². The Morgan fingerprint density at radius 2 is 2.29 bits per heavy atom. The van der Waals surface area contributed by atoms with Crippen molar-refractivity contribution < 1.29 is 13.9 Å². The molecule has 0 unspecified atom stereocenters. The summed E-state index contributed by atoms with van der Waals surface area (Å²) in [5.41, 5.74) is 1.90. The van der Waals surface area contributed by atoms with Gasteiger partial charge >= 0.3 is 0 Å². The van der Waals surface area contributed by atoms with E-state index in [-0.39, 0.29) is 5.91 Å². The number of aromatic amines is 1. The molecule has 21 heavy (non-hydrogen) atoms. The number of oxazole rings is 1. The largest absolute Gasteiger partial charge is 0.496 e. The van der Waals surface area contributed by atoms with Gasteiger partial charge in [-0.25, -0.2) is 4.98 Å². The molecule has 3 rings (SSSR count). The third kappa shape index (κ3) is 2.64. The summed E-state index contributed by atoms with van der Waals surface area (Å²) < 4.78 is 10.6. The van der Waals surface area contributed by atoms with Gasteiger partial charge in [0.1, 0.15) is 11.4 Å². The number of nitrogens with one attached hydrogen (secondary N) is 2. The Balaban J connectivity index is 1.86. The van der Waals surface area contributed by atoms with Crippen molar-refractivity contribution in [2.45, 2.75) is 0 Å². The highest BCUT2D eigenvalue weighted by Gasteiger charge is 2.12. The molecule has 0 saturated carbocycles. The van der Waals surface area contributed by atoms with E-state index in [4.69, 9.17) is 9.15 Å². The van der Waals surface area contributed by atoms with Crippen LogP contribution in [0.1, 0.15) is 10.5 Å². The van der Waals surface area contributed by atoms with Gasteiger partial charge in [-0.1, -0.05) is 0 Å². The van der Waals surface area contributed by atoms with Crippen molar-refractivity contribution in [2.75, 3.05) is 12.4 Å². The molecule has 2 N–H and O–H groups in total. The molecular formula is C15H13N3O3. The number of ether oxygens (including phenoxy) is 1. The van der Waals surface area contributed by atoms with Crippen molar-refractivity contribution in [1.82, 2.24) is 9.97 Å². The lowest BCUT2D eigenvalue weighted by atomic mass is 10.1. The average Bonchev–Trinajstić information content (AvgIpc) is 3.20. The minimum absolute atomic E-state index is 0.213. The Morgan fingerprint density at radius 3 is 2.95 bits per heavy atom. The van der Waals surface area contributed by atoms with Gasteiger partial charge in [-0.15, -0.1) is 0 Å². The predicted octanol–water partition coefficient (Wildman–Crippen LogP) is 2.93. The van der Waals surface area contributed by atoms with Crippen LogP contribution >= 0.6 is 0 Å². The average molecular weight is 283 g/mol. The molecule has 0 aliphatic rings. The number of rotatable bonds is 4. The summed E-state index contributed by atoms with van der Waals surface area (Å²) >= 11 is 0. The van der Waals surface area contributed by atoms with E-state index in [0.717, 1.165) is 5.56 Å². The van der Waals surface area contributed by atoms with Gasteiger partial charge < -0.3 is 19.5 Å². The normalized spacial score (nSPS) is 10.3. The predicted molar refractivity (Wildman–Crippen MR) is 77.2 cm³/mol. The van der Waals surface area contributed by atoms with E-state index in [1.54, 1.807) is 43.8 Å². The van der Waals surface area contributed by atoms with E-state index >= 15 is 0 Å². The summed E-state index contributed by atoms with van der Waals surface area (Å²) in [6.45, 7) is 0. The Hall–Kier alpha value is -3.02. The standard InChI is InChI=1S/C15H13N3O3/c1-20-13-7-10(18-15(19)12-3-2-6-17-12)4-5-11(13)14-8-16-9-21-14/h2-9,17H,1H3,(H,18,19). The van der Waals surface area contributed by atoms with Gasteiger partial charge in [0.15, 0.2) is 12.2 Å². The quantitative estimate of drug-likeness (QED) is 0.771. The van der Waals surface area contributed by atoms with E-state index in [0.29, 0.717) is 22.9 Å². The highest BCUT2D eigenvalue weighted by atomic mass is 16.5. The van der Waals surface area contributed by atoms with Crippen LogP contribution in [0.5, 0.6) is 5.75 Å². The summed E-state index contributed by atoms with van der Waals surface area (Å²) in [6, 6.07) is 8.79. The van der Waals surface area contributed by atoms with Gasteiger partial charge in [0.25, 0.3) is 5.91 Å². The Kier molecular flexibility index (Phi) is 3.42. The van der Waals surface area contributed by atoms with Crippen molar-refractivity contribution in [2.24, 2.45) is 0 Å². The Bertz CT molecular complexity index is 734. The first kappa shape index (κ1) is 13.0. The van der Waals surface area contributed by atoms with Crippen molar-refractivity contribution in [3.8, 4) is 17.1 Å². The zero-order chi connectivity index (χ0) is 14.7. The molecule has 0 aliphatic carbocycles. The van der Waals surface area contributed by atoms with Crippen LogP contribution in [0.15, 0.2) is 53.5 Å². The SMILES string of the molecule is COc1cc(NC(=O)c2ccc[nH]2)ccc1-c1cnco1. The first-order valence-corrected chi connectivity index (χ1v) is 6.29. The van der Waals surface area contributed by atoms with Gasteiger partial charge in [-0.2, -0.15) is 0 Å². The fraction of sp³-hybridized carbons (Fsp3) is 0.0667. The molecule has 3 aromatic rings. The molecule has 0 atom stereocenters. The zero-order valence-electron chi connectivity index (χ0n) is 11.3. The summed E-state index contributed by atoms with van der Waals surface area (Å²) in [7, 11) is 1.56. The van der Waals surface area contributed by atoms with Crippen LogP contribution in [0.4, 0.5) is 5.69 Å². The Morgan fingerprint density at radius 1 is 1.38 bits per heavy atom. The van der Waals surface area contributed by atoms with Gasteiger partial charge in [0.05, 0.1) is 18.9 Å². The van der Waals surface area contributed by atoms with Crippen LogP contribution in [0.3, 0.4) is 0 Å². The van der Waals surface area contributed by atoms with Gasteiger partial charge in [0, 0.05) is 18.0 Å². The van der Waals surface area contributed by atoms with Crippen LogP contribution in [0.25, 0.3) is 11.3 Å². The van der Waals surface area contributed by atoms with Crippen LogP contribution in [0.2, 0.25) is 0 Å². The third-order valence-corrected chi connectivity index (χ3v) is 3.00. The lowest BCUT2D eigenvalue weighted by Crippen LogP contribution is -2.12. The maximum absolute atomic E-state index is 12.0. The van der Waals surface area contributed by atoms with Gasteiger partial charge in [-0.05, 0) is 24.3 Å². The smallest absolute Gasteiger partial charge is 0.272 e. The number of carbonyl (C=O) groups excluding carboxylic acids is 1. The third-order valence-electron chi connectivity index (χ3n) is 3.00. The van der Waals surface area contributed by atoms with Gasteiger partial charge in [0.2, 0.25) is 0 Å². The molecule has 6 nitrogen and oxygen atoms in total. The molecule has 1 amide bonds. The van der Waals surface area contributed by atoms with Crippen LogP contribution in [-0.2, 0) is 0 Å². The molecule has 106 valence electrons.